The first-order valence-electron chi connectivity index (χ1n) is 5.86. The molecule has 0 saturated carbocycles. The summed E-state index contributed by atoms with van der Waals surface area (Å²) in [6.45, 7) is 0. The molecule has 1 aromatic heterocycles. The molecule has 0 radical (unpaired) electrons. The number of thioether (sulfide) groups is 1. The van der Waals surface area contributed by atoms with Gasteiger partial charge in [0.1, 0.15) is 0 Å². The predicted octanol–water partition coefficient (Wildman–Crippen LogP) is 1.30. The zero-order valence-electron chi connectivity index (χ0n) is 10.2. The highest BCUT2D eigenvalue weighted by molar-refractivity contribution is 7.99. The number of anilines is 1. The zero-order chi connectivity index (χ0) is 13.0. The summed E-state index contributed by atoms with van der Waals surface area (Å²) in [5, 5.41) is 2.92. The molecule has 0 bridgehead atoms. The van der Waals surface area contributed by atoms with Crippen LogP contribution in [0.2, 0.25) is 0 Å². The molecule has 1 aliphatic rings. The van der Waals surface area contributed by atoms with Gasteiger partial charge in [-0.15, -0.1) is 0 Å². The van der Waals surface area contributed by atoms with Crippen LogP contribution >= 0.6 is 11.8 Å². The van der Waals surface area contributed by atoms with E-state index in [0.717, 1.165) is 24.3 Å². The van der Waals surface area contributed by atoms with Crippen LogP contribution in [0.15, 0.2) is 23.4 Å². The molecular formula is C11H17N3O2S2. The molecule has 0 aliphatic carbocycles. The van der Waals surface area contributed by atoms with Crippen LogP contribution in [0.4, 0.5) is 5.69 Å². The Labute approximate surface area is 112 Å². The van der Waals surface area contributed by atoms with E-state index in [4.69, 9.17) is 0 Å². The number of nitrogens with one attached hydrogen (secondary N) is 2. The van der Waals surface area contributed by atoms with Crippen molar-refractivity contribution >= 4 is 27.5 Å². The minimum atomic E-state index is -3.54. The number of hydrogen-bond acceptors (Lipinski definition) is 5. The number of pyridine rings is 1. The summed E-state index contributed by atoms with van der Waals surface area (Å²) in [6, 6.07) is 3.43. The van der Waals surface area contributed by atoms with Crippen molar-refractivity contribution in [2.75, 3.05) is 23.9 Å². The second kappa shape index (κ2) is 5.90. The maximum atomic E-state index is 12.3. The van der Waals surface area contributed by atoms with E-state index in [1.807, 2.05) is 0 Å². The fourth-order valence-electron chi connectivity index (χ4n) is 1.90. The van der Waals surface area contributed by atoms with Crippen LogP contribution in [-0.4, -0.2) is 38.0 Å². The van der Waals surface area contributed by atoms with Crippen molar-refractivity contribution in [2.24, 2.45) is 0 Å². The zero-order valence-corrected chi connectivity index (χ0v) is 11.9. The average molecular weight is 287 g/mol. The predicted molar refractivity (Wildman–Crippen MR) is 74.5 cm³/mol. The largest absolute Gasteiger partial charge is 0.386 e. The summed E-state index contributed by atoms with van der Waals surface area (Å²) in [6.07, 6.45) is 3.44. The lowest BCUT2D eigenvalue weighted by Crippen LogP contribution is -2.38. The number of aromatic nitrogens is 1. The first-order valence-corrected chi connectivity index (χ1v) is 8.50. The van der Waals surface area contributed by atoms with E-state index in [1.54, 1.807) is 30.9 Å². The van der Waals surface area contributed by atoms with Gasteiger partial charge in [-0.2, -0.15) is 11.8 Å². The fraction of sp³-hybridized carbons (Fsp3) is 0.545. The summed E-state index contributed by atoms with van der Waals surface area (Å²) in [4.78, 5) is 3.97. The minimum Gasteiger partial charge on any atom is -0.386 e. The van der Waals surface area contributed by atoms with Crippen LogP contribution < -0.4 is 10.0 Å². The van der Waals surface area contributed by atoms with Crippen LogP contribution in [-0.2, 0) is 10.0 Å². The third-order valence-electron chi connectivity index (χ3n) is 2.78. The highest BCUT2D eigenvalue weighted by Gasteiger charge is 2.25. The summed E-state index contributed by atoms with van der Waals surface area (Å²) < 4.78 is 27.2. The van der Waals surface area contributed by atoms with E-state index >= 15 is 0 Å². The van der Waals surface area contributed by atoms with Gasteiger partial charge in [-0.1, -0.05) is 0 Å². The number of nitrogens with zero attached hydrogens (tertiary/aromatic N) is 1. The lowest BCUT2D eigenvalue weighted by Gasteiger charge is -2.22. The first-order chi connectivity index (χ1) is 8.63. The molecule has 2 N–H and O–H groups in total. The Balaban J connectivity index is 2.19. The van der Waals surface area contributed by atoms with Crippen molar-refractivity contribution in [1.29, 1.82) is 0 Å². The van der Waals surface area contributed by atoms with Crippen LogP contribution in [0.5, 0.6) is 0 Å². The van der Waals surface area contributed by atoms with E-state index in [0.29, 0.717) is 5.69 Å². The maximum absolute atomic E-state index is 12.3. The average Bonchev–Trinajstić information content (AvgIpc) is 2.39. The Hall–Kier alpha value is -0.790. The van der Waals surface area contributed by atoms with Gasteiger partial charge in [-0.25, -0.2) is 18.1 Å². The Morgan fingerprint density at radius 2 is 2.33 bits per heavy atom. The number of rotatable bonds is 4. The monoisotopic (exact) mass is 287 g/mol. The molecule has 0 amide bonds. The number of hydrogen-bond donors (Lipinski definition) is 2. The number of sulfonamides is 1. The quantitative estimate of drug-likeness (QED) is 0.873. The van der Waals surface area contributed by atoms with Crippen molar-refractivity contribution in [3.8, 4) is 0 Å². The smallest absolute Gasteiger partial charge is 0.260 e. The standard InChI is InChI=1S/C11H17N3O2S2/c1-12-10-5-2-6-13-11(10)18(15,16)14-9-4-3-7-17-8-9/h2,5-6,9,12,14H,3-4,7-8H2,1H3. The molecule has 0 spiro atoms. The highest BCUT2D eigenvalue weighted by Crippen LogP contribution is 2.21. The van der Waals surface area contributed by atoms with Crippen LogP contribution in [0, 0.1) is 0 Å². The topological polar surface area (TPSA) is 71.1 Å². The third kappa shape index (κ3) is 3.15. The molecule has 1 atom stereocenters. The summed E-state index contributed by atoms with van der Waals surface area (Å²) in [7, 11) is -1.85. The van der Waals surface area contributed by atoms with Gasteiger partial charge < -0.3 is 5.32 Å². The Bertz CT molecular complexity index is 499. The van der Waals surface area contributed by atoms with Crippen molar-refractivity contribution in [3.63, 3.8) is 0 Å². The minimum absolute atomic E-state index is 0.0143. The molecule has 1 saturated heterocycles. The second-order valence-corrected chi connectivity index (χ2v) is 6.92. The van der Waals surface area contributed by atoms with Gasteiger partial charge in [0, 0.05) is 25.0 Å². The Kier molecular flexibility index (Phi) is 4.47. The van der Waals surface area contributed by atoms with Gasteiger partial charge in [0.05, 0.1) is 5.69 Å². The third-order valence-corrected chi connectivity index (χ3v) is 5.47. The van der Waals surface area contributed by atoms with E-state index in [2.05, 4.69) is 15.0 Å². The van der Waals surface area contributed by atoms with E-state index in [1.165, 1.54) is 6.20 Å². The van der Waals surface area contributed by atoms with Crippen molar-refractivity contribution in [2.45, 2.75) is 23.9 Å². The molecule has 100 valence electrons. The van der Waals surface area contributed by atoms with Crippen LogP contribution in [0.1, 0.15) is 12.8 Å². The Morgan fingerprint density at radius 1 is 1.50 bits per heavy atom. The molecule has 7 heteroatoms. The van der Waals surface area contributed by atoms with E-state index in [-0.39, 0.29) is 11.1 Å². The maximum Gasteiger partial charge on any atom is 0.260 e. The molecular weight excluding hydrogens is 270 g/mol. The highest BCUT2D eigenvalue weighted by atomic mass is 32.2. The molecule has 0 aromatic carbocycles. The van der Waals surface area contributed by atoms with Gasteiger partial charge in [0.25, 0.3) is 10.0 Å². The SMILES string of the molecule is CNc1cccnc1S(=O)(=O)NC1CCCSC1. The molecule has 2 heterocycles. The lowest BCUT2D eigenvalue weighted by atomic mass is 10.2. The van der Waals surface area contributed by atoms with Crippen LogP contribution in [0.3, 0.4) is 0 Å². The molecule has 1 unspecified atom stereocenters. The molecule has 18 heavy (non-hydrogen) atoms. The van der Waals surface area contributed by atoms with Crippen LogP contribution in [0.25, 0.3) is 0 Å². The van der Waals surface area contributed by atoms with Gasteiger partial charge in [0.2, 0.25) is 0 Å². The summed E-state index contributed by atoms with van der Waals surface area (Å²) in [5.41, 5.74) is 0.522. The van der Waals surface area contributed by atoms with Crippen molar-refractivity contribution in [1.82, 2.24) is 9.71 Å². The first kappa shape index (κ1) is 13.6. The molecule has 1 fully saturated rings. The van der Waals surface area contributed by atoms with Crippen molar-refractivity contribution < 1.29 is 8.42 Å². The Morgan fingerprint density at radius 3 is 3.00 bits per heavy atom. The van der Waals surface area contributed by atoms with Gasteiger partial charge in [-0.05, 0) is 30.7 Å². The van der Waals surface area contributed by atoms with E-state index < -0.39 is 10.0 Å². The molecule has 1 aliphatic heterocycles. The summed E-state index contributed by atoms with van der Waals surface area (Å²) >= 11 is 1.79. The van der Waals surface area contributed by atoms with E-state index in [9.17, 15) is 8.42 Å². The molecule has 5 nitrogen and oxygen atoms in total. The molecule has 1 aromatic rings. The van der Waals surface area contributed by atoms with Gasteiger partial charge >= 0.3 is 0 Å². The van der Waals surface area contributed by atoms with Crippen molar-refractivity contribution in [3.05, 3.63) is 18.3 Å². The van der Waals surface area contributed by atoms with Gasteiger partial charge in [0.15, 0.2) is 5.03 Å². The second-order valence-electron chi connectivity index (χ2n) is 4.14. The normalized spacial score (nSPS) is 20.6. The van der Waals surface area contributed by atoms with Gasteiger partial charge in [-0.3, -0.25) is 0 Å². The molecule has 2 rings (SSSR count). The fourth-order valence-corrected chi connectivity index (χ4v) is 4.49. The lowest BCUT2D eigenvalue weighted by molar-refractivity contribution is 0.540. The summed E-state index contributed by atoms with van der Waals surface area (Å²) in [5.74, 6) is 1.95.